The molecule has 106 valence electrons. The van der Waals surface area contributed by atoms with Gasteiger partial charge >= 0.3 is 0 Å². The Hall–Kier alpha value is -1.39. The Kier molecular flexibility index (Phi) is 6.53. The molecule has 4 nitrogen and oxygen atoms in total. The molecular weight excluding hydrogens is 240 g/mol. The van der Waals surface area contributed by atoms with E-state index in [9.17, 15) is 4.79 Å². The highest BCUT2D eigenvalue weighted by atomic mass is 16.3. The number of carbonyl (C=O) groups is 1. The maximum absolute atomic E-state index is 11.7. The van der Waals surface area contributed by atoms with Crippen LogP contribution < -0.4 is 10.6 Å². The van der Waals surface area contributed by atoms with Crippen LogP contribution >= 0.6 is 0 Å². The molecule has 1 rings (SSSR count). The summed E-state index contributed by atoms with van der Waals surface area (Å²) in [4.78, 5) is 11.7. The van der Waals surface area contributed by atoms with Gasteiger partial charge in [-0.2, -0.15) is 0 Å². The zero-order valence-electron chi connectivity index (χ0n) is 12.0. The molecule has 0 aromatic heterocycles. The molecule has 3 N–H and O–H groups in total. The first-order valence-electron chi connectivity index (χ1n) is 6.70. The van der Waals surface area contributed by atoms with Crippen LogP contribution in [0.3, 0.4) is 0 Å². The lowest BCUT2D eigenvalue weighted by molar-refractivity contribution is -0.120. The monoisotopic (exact) mass is 264 g/mol. The number of hydrogen-bond acceptors (Lipinski definition) is 3. The van der Waals surface area contributed by atoms with Crippen molar-refractivity contribution >= 4 is 5.91 Å². The molecule has 1 aromatic rings. The molecule has 0 aliphatic carbocycles. The molecule has 4 heteroatoms. The van der Waals surface area contributed by atoms with Crippen molar-refractivity contribution in [2.75, 3.05) is 19.6 Å². The van der Waals surface area contributed by atoms with Crippen molar-refractivity contribution in [2.45, 2.75) is 33.3 Å². The number of aliphatic hydroxyl groups is 1. The van der Waals surface area contributed by atoms with Crippen molar-refractivity contribution in [1.82, 2.24) is 10.6 Å². The number of aliphatic hydroxyl groups excluding tert-OH is 1. The Morgan fingerprint density at radius 3 is 2.63 bits per heavy atom. The molecule has 0 radical (unpaired) electrons. The van der Waals surface area contributed by atoms with Crippen molar-refractivity contribution in [3.8, 4) is 0 Å². The van der Waals surface area contributed by atoms with Gasteiger partial charge in [-0.15, -0.1) is 0 Å². The van der Waals surface area contributed by atoms with Crippen LogP contribution in [0.1, 0.15) is 23.6 Å². The molecule has 1 unspecified atom stereocenters. The summed E-state index contributed by atoms with van der Waals surface area (Å²) in [7, 11) is 0. The fourth-order valence-electron chi connectivity index (χ4n) is 1.76. The molecule has 0 bridgehead atoms. The molecule has 1 amide bonds. The molecule has 1 aromatic carbocycles. The molecule has 0 fully saturated rings. The summed E-state index contributed by atoms with van der Waals surface area (Å²) >= 11 is 0. The fourth-order valence-corrected chi connectivity index (χ4v) is 1.76. The smallest absolute Gasteiger partial charge is 0.224 e. The van der Waals surface area contributed by atoms with Crippen molar-refractivity contribution in [3.05, 3.63) is 34.9 Å². The lowest BCUT2D eigenvalue weighted by Crippen LogP contribution is -2.35. The molecule has 0 saturated heterocycles. The molecule has 0 spiro atoms. The van der Waals surface area contributed by atoms with Gasteiger partial charge in [-0.25, -0.2) is 0 Å². The van der Waals surface area contributed by atoms with Crippen LogP contribution in [0.25, 0.3) is 0 Å². The van der Waals surface area contributed by atoms with Gasteiger partial charge in [0.05, 0.1) is 12.5 Å². The lowest BCUT2D eigenvalue weighted by Gasteiger charge is -2.09. The third-order valence-corrected chi connectivity index (χ3v) is 3.00. The summed E-state index contributed by atoms with van der Waals surface area (Å²) in [6.07, 6.45) is 0.0589. The number of nitrogens with one attached hydrogen (secondary N) is 2. The van der Waals surface area contributed by atoms with E-state index in [1.807, 2.05) is 12.1 Å². The number of benzene rings is 1. The summed E-state index contributed by atoms with van der Waals surface area (Å²) < 4.78 is 0. The van der Waals surface area contributed by atoms with Gasteiger partial charge in [-0.1, -0.05) is 18.2 Å². The minimum atomic E-state index is -0.355. The van der Waals surface area contributed by atoms with E-state index in [2.05, 4.69) is 30.5 Å². The Morgan fingerprint density at radius 1 is 1.26 bits per heavy atom. The van der Waals surface area contributed by atoms with Crippen molar-refractivity contribution in [2.24, 2.45) is 0 Å². The molecule has 0 saturated carbocycles. The zero-order valence-corrected chi connectivity index (χ0v) is 12.0. The van der Waals surface area contributed by atoms with Crippen LogP contribution in [-0.2, 0) is 11.2 Å². The van der Waals surface area contributed by atoms with E-state index in [-0.39, 0.29) is 12.0 Å². The van der Waals surface area contributed by atoms with Crippen LogP contribution in [0.2, 0.25) is 0 Å². The molecule has 0 aliphatic heterocycles. The summed E-state index contributed by atoms with van der Waals surface area (Å²) in [6.45, 7) is 7.64. The fraction of sp³-hybridized carbons (Fsp3) is 0.533. The third kappa shape index (κ3) is 6.36. The summed E-state index contributed by atoms with van der Waals surface area (Å²) in [5.41, 5.74) is 3.49. The minimum Gasteiger partial charge on any atom is -0.392 e. The van der Waals surface area contributed by atoms with Crippen LogP contribution in [0.15, 0.2) is 18.2 Å². The molecular formula is C15H24N2O2. The van der Waals surface area contributed by atoms with Crippen LogP contribution in [0.5, 0.6) is 0 Å². The van der Waals surface area contributed by atoms with Crippen molar-refractivity contribution in [3.63, 3.8) is 0 Å². The number of rotatable bonds is 7. The van der Waals surface area contributed by atoms with Crippen molar-refractivity contribution in [1.29, 1.82) is 0 Å². The highest BCUT2D eigenvalue weighted by Gasteiger charge is 2.04. The topological polar surface area (TPSA) is 61.4 Å². The average Bonchev–Trinajstić information content (AvgIpc) is 2.33. The Bertz CT molecular complexity index is 417. The van der Waals surface area contributed by atoms with E-state index >= 15 is 0 Å². The van der Waals surface area contributed by atoms with Crippen LogP contribution in [0.4, 0.5) is 0 Å². The third-order valence-electron chi connectivity index (χ3n) is 3.00. The van der Waals surface area contributed by atoms with E-state index in [1.165, 1.54) is 11.1 Å². The van der Waals surface area contributed by atoms with Gasteiger partial charge in [0.2, 0.25) is 5.91 Å². The van der Waals surface area contributed by atoms with E-state index in [4.69, 9.17) is 5.11 Å². The van der Waals surface area contributed by atoms with Gasteiger partial charge in [0.15, 0.2) is 0 Å². The number of carbonyl (C=O) groups excluding carboxylic acids is 1. The highest BCUT2D eigenvalue weighted by molar-refractivity contribution is 5.78. The molecule has 0 aliphatic rings. The zero-order chi connectivity index (χ0) is 14.3. The van der Waals surface area contributed by atoms with Crippen LogP contribution in [0, 0.1) is 13.8 Å². The second-order valence-electron chi connectivity index (χ2n) is 5.00. The van der Waals surface area contributed by atoms with Gasteiger partial charge in [0, 0.05) is 19.6 Å². The Labute approximate surface area is 115 Å². The Morgan fingerprint density at radius 2 is 2.00 bits per heavy atom. The predicted molar refractivity (Wildman–Crippen MR) is 77.2 cm³/mol. The lowest BCUT2D eigenvalue weighted by atomic mass is 10.0. The maximum atomic E-state index is 11.7. The highest BCUT2D eigenvalue weighted by Crippen LogP contribution is 2.10. The molecule has 0 heterocycles. The first kappa shape index (κ1) is 15.7. The standard InChI is InChI=1S/C15H24N2O2/c1-11-4-5-14(8-12(11)2)9-15(19)17-7-6-16-10-13(3)18/h4-5,8,13,16,18H,6-7,9-10H2,1-3H3,(H,17,19). The summed E-state index contributed by atoms with van der Waals surface area (Å²) in [6, 6.07) is 6.09. The Balaban J connectivity index is 2.25. The van der Waals surface area contributed by atoms with Gasteiger partial charge in [-0.05, 0) is 37.5 Å². The minimum absolute atomic E-state index is 0.0297. The van der Waals surface area contributed by atoms with Gasteiger partial charge in [0.1, 0.15) is 0 Å². The quantitative estimate of drug-likeness (QED) is 0.642. The number of amides is 1. The van der Waals surface area contributed by atoms with E-state index in [1.54, 1.807) is 6.92 Å². The van der Waals surface area contributed by atoms with E-state index in [0.717, 1.165) is 5.56 Å². The number of aryl methyl sites for hydroxylation is 2. The van der Waals surface area contributed by atoms with Crippen molar-refractivity contribution < 1.29 is 9.90 Å². The van der Waals surface area contributed by atoms with Gasteiger partial charge < -0.3 is 15.7 Å². The first-order valence-corrected chi connectivity index (χ1v) is 6.70. The average molecular weight is 264 g/mol. The van der Waals surface area contributed by atoms with E-state index in [0.29, 0.717) is 26.1 Å². The van der Waals surface area contributed by atoms with E-state index < -0.39 is 0 Å². The van der Waals surface area contributed by atoms with Gasteiger partial charge in [-0.3, -0.25) is 4.79 Å². The first-order chi connectivity index (χ1) is 8.99. The summed E-state index contributed by atoms with van der Waals surface area (Å²) in [5.74, 6) is 0.0297. The largest absolute Gasteiger partial charge is 0.392 e. The molecule has 1 atom stereocenters. The maximum Gasteiger partial charge on any atom is 0.224 e. The number of hydrogen-bond donors (Lipinski definition) is 3. The normalized spacial score (nSPS) is 12.2. The SMILES string of the molecule is Cc1ccc(CC(=O)NCCNCC(C)O)cc1C. The second-order valence-corrected chi connectivity index (χ2v) is 5.00. The van der Waals surface area contributed by atoms with Crippen LogP contribution in [-0.4, -0.2) is 36.8 Å². The molecule has 19 heavy (non-hydrogen) atoms. The summed E-state index contributed by atoms with van der Waals surface area (Å²) in [5, 5.41) is 15.0. The van der Waals surface area contributed by atoms with Gasteiger partial charge in [0.25, 0.3) is 0 Å². The second kappa shape index (κ2) is 7.92. The predicted octanol–water partition coefficient (Wildman–Crippen LogP) is 0.933.